The summed E-state index contributed by atoms with van der Waals surface area (Å²) in [7, 11) is 0. The first-order valence-electron chi connectivity index (χ1n) is 13.2. The van der Waals surface area contributed by atoms with Gasteiger partial charge in [-0.15, -0.1) is 0 Å². The van der Waals surface area contributed by atoms with Gasteiger partial charge in [-0.25, -0.2) is 9.59 Å². The first-order valence-corrected chi connectivity index (χ1v) is 13.2. The van der Waals surface area contributed by atoms with Gasteiger partial charge in [0.1, 0.15) is 11.5 Å². The van der Waals surface area contributed by atoms with Gasteiger partial charge in [-0.1, -0.05) is 24.3 Å². The summed E-state index contributed by atoms with van der Waals surface area (Å²) in [6.07, 6.45) is 7.09. The smallest absolute Gasteiger partial charge is 0.335 e. The van der Waals surface area contributed by atoms with Crippen LogP contribution in [-0.2, 0) is 4.74 Å². The number of amides is 2. The van der Waals surface area contributed by atoms with Gasteiger partial charge in [0.2, 0.25) is 0 Å². The Morgan fingerprint density at radius 1 is 0.917 bits per heavy atom. The lowest BCUT2D eigenvalue weighted by Gasteiger charge is -2.53. The molecule has 2 unspecified atom stereocenters. The molecule has 2 atom stereocenters. The van der Waals surface area contributed by atoms with Crippen LogP contribution in [0.4, 0.5) is 4.79 Å². The minimum absolute atomic E-state index is 0.0650. The third-order valence-corrected chi connectivity index (χ3v) is 8.58. The third kappa shape index (κ3) is 4.45. The van der Waals surface area contributed by atoms with Crippen LogP contribution in [0.2, 0.25) is 0 Å². The van der Waals surface area contributed by atoms with E-state index in [1.165, 1.54) is 11.1 Å². The van der Waals surface area contributed by atoms with Crippen molar-refractivity contribution in [1.82, 2.24) is 10.6 Å². The number of urea groups is 1. The second-order valence-corrected chi connectivity index (χ2v) is 11.4. The Morgan fingerprint density at radius 3 is 2.11 bits per heavy atom. The molecule has 2 saturated heterocycles. The molecule has 0 aromatic heterocycles. The predicted molar refractivity (Wildman–Crippen MR) is 134 cm³/mol. The van der Waals surface area contributed by atoms with Crippen LogP contribution in [0, 0.1) is 0 Å². The highest BCUT2D eigenvalue weighted by atomic mass is 16.5. The minimum Gasteiger partial charge on any atom is -0.490 e. The standard InChI is InChI=1S/C29H34N2O5/c1-28-14-19-16-29(36-28,17-20(15-28)25-5-3-2-4-24(19)25)31-27(34)30-21-8-12-23(13-9-21)35-22-10-6-18(7-11-22)26(32)33/h2-7,10-11,19-21,23H,8-9,12-17H2,1H3,(H,32,33)(H2,30,31,34). The van der Waals surface area contributed by atoms with Crippen LogP contribution in [0.15, 0.2) is 48.5 Å². The van der Waals surface area contributed by atoms with E-state index in [1.54, 1.807) is 24.3 Å². The Bertz CT molecular complexity index is 1120. The van der Waals surface area contributed by atoms with E-state index >= 15 is 0 Å². The normalized spacial score (nSPS) is 34.4. The molecule has 2 heterocycles. The van der Waals surface area contributed by atoms with Crippen LogP contribution in [0.5, 0.6) is 5.75 Å². The van der Waals surface area contributed by atoms with Crippen LogP contribution in [-0.4, -0.2) is 40.6 Å². The molecule has 4 bridgehead atoms. The van der Waals surface area contributed by atoms with Crippen LogP contribution >= 0.6 is 0 Å². The fourth-order valence-corrected chi connectivity index (χ4v) is 7.23. The number of nitrogens with one attached hydrogen (secondary N) is 2. The van der Waals surface area contributed by atoms with E-state index < -0.39 is 11.7 Å². The number of carboxylic acids is 1. The number of rotatable bonds is 5. The highest BCUT2D eigenvalue weighted by Gasteiger charge is 2.56. The summed E-state index contributed by atoms with van der Waals surface area (Å²) >= 11 is 0. The molecule has 7 heteroatoms. The molecule has 2 aromatic carbocycles. The van der Waals surface area contributed by atoms with Gasteiger partial charge in [-0.05, 0) is 92.7 Å². The maximum Gasteiger partial charge on any atom is 0.335 e. The van der Waals surface area contributed by atoms with Crippen molar-refractivity contribution in [1.29, 1.82) is 0 Å². The van der Waals surface area contributed by atoms with Crippen molar-refractivity contribution in [2.24, 2.45) is 0 Å². The van der Waals surface area contributed by atoms with Crippen molar-refractivity contribution in [3.05, 3.63) is 65.2 Å². The van der Waals surface area contributed by atoms with E-state index in [1.807, 2.05) is 0 Å². The number of hydrogen-bond donors (Lipinski definition) is 3. The van der Waals surface area contributed by atoms with Crippen LogP contribution in [0.1, 0.15) is 91.6 Å². The summed E-state index contributed by atoms with van der Waals surface area (Å²) in [5.41, 5.74) is 2.30. The number of benzene rings is 2. The van der Waals surface area contributed by atoms with Gasteiger partial charge in [-0.2, -0.15) is 0 Å². The number of carbonyl (C=O) groups is 2. The molecule has 3 N–H and O–H groups in total. The zero-order chi connectivity index (χ0) is 24.9. The Morgan fingerprint density at radius 2 is 1.53 bits per heavy atom. The molecule has 190 valence electrons. The van der Waals surface area contributed by atoms with Crippen LogP contribution in [0.3, 0.4) is 0 Å². The van der Waals surface area contributed by atoms with Gasteiger partial charge in [0, 0.05) is 18.9 Å². The van der Waals surface area contributed by atoms with Crippen molar-refractivity contribution in [3.8, 4) is 5.75 Å². The van der Waals surface area contributed by atoms with Gasteiger partial charge in [0.15, 0.2) is 0 Å². The SMILES string of the molecule is CC12CC3CC(NC(=O)NC4CCC(Oc5ccc(C(=O)O)cc5)CC4)(CC(C1)c1ccccc13)O2. The summed E-state index contributed by atoms with van der Waals surface area (Å²) < 4.78 is 12.7. The molecule has 0 radical (unpaired) electrons. The zero-order valence-corrected chi connectivity index (χ0v) is 20.7. The van der Waals surface area contributed by atoms with Crippen LogP contribution < -0.4 is 15.4 Å². The second-order valence-electron chi connectivity index (χ2n) is 11.4. The van der Waals surface area contributed by atoms with E-state index in [0.29, 0.717) is 17.6 Å². The molecule has 2 amide bonds. The first kappa shape index (κ1) is 23.3. The number of hydrogen-bond acceptors (Lipinski definition) is 4. The molecule has 3 fully saturated rings. The molecule has 36 heavy (non-hydrogen) atoms. The number of ether oxygens (including phenoxy) is 2. The number of carbonyl (C=O) groups excluding carboxylic acids is 1. The molecule has 7 rings (SSSR count). The zero-order valence-electron chi connectivity index (χ0n) is 20.7. The first-order chi connectivity index (χ1) is 17.3. The summed E-state index contributed by atoms with van der Waals surface area (Å²) in [6.45, 7) is 2.21. The summed E-state index contributed by atoms with van der Waals surface area (Å²) in [5.74, 6) is 0.549. The van der Waals surface area contributed by atoms with E-state index in [-0.39, 0.29) is 29.3 Å². The highest BCUT2D eigenvalue weighted by molar-refractivity contribution is 5.87. The van der Waals surface area contributed by atoms with Crippen LogP contribution in [0.25, 0.3) is 0 Å². The Hall–Kier alpha value is -3.06. The Balaban J connectivity index is 1.05. The fourth-order valence-electron chi connectivity index (χ4n) is 7.23. The number of carboxylic acid groups (broad SMARTS) is 1. The van der Waals surface area contributed by atoms with Crippen molar-refractivity contribution in [3.63, 3.8) is 0 Å². The molecular weight excluding hydrogens is 456 g/mol. The molecule has 7 nitrogen and oxygen atoms in total. The number of aromatic carboxylic acids is 1. The average Bonchev–Trinajstić information content (AvgIpc) is 2.98. The van der Waals surface area contributed by atoms with E-state index in [0.717, 1.165) is 51.4 Å². The Kier molecular flexibility index (Phi) is 5.71. The molecule has 3 aliphatic carbocycles. The lowest BCUT2D eigenvalue weighted by molar-refractivity contribution is -0.228. The van der Waals surface area contributed by atoms with Crippen molar-refractivity contribution in [2.45, 2.75) is 93.6 Å². The average molecular weight is 491 g/mol. The minimum atomic E-state index is -0.945. The van der Waals surface area contributed by atoms with Gasteiger partial charge in [-0.3, -0.25) is 0 Å². The summed E-state index contributed by atoms with van der Waals surface area (Å²) in [4.78, 5) is 24.2. The monoisotopic (exact) mass is 490 g/mol. The summed E-state index contributed by atoms with van der Waals surface area (Å²) in [5, 5.41) is 15.5. The van der Waals surface area contributed by atoms with Crippen molar-refractivity contribution >= 4 is 12.0 Å². The Labute approximate surface area is 211 Å². The quantitative estimate of drug-likeness (QED) is 0.528. The van der Waals surface area contributed by atoms with E-state index in [4.69, 9.17) is 14.6 Å². The maximum atomic E-state index is 13.2. The third-order valence-electron chi connectivity index (χ3n) is 8.58. The molecule has 0 spiro atoms. The lowest BCUT2D eigenvalue weighted by Crippen LogP contribution is -2.64. The molecule has 2 aliphatic heterocycles. The molecule has 2 aromatic rings. The van der Waals surface area contributed by atoms with Crippen molar-refractivity contribution < 1.29 is 24.2 Å². The molecular formula is C29H34N2O5. The van der Waals surface area contributed by atoms with Gasteiger partial charge >= 0.3 is 12.0 Å². The van der Waals surface area contributed by atoms with Gasteiger partial charge < -0.3 is 25.2 Å². The fraction of sp³-hybridized carbons (Fsp3) is 0.517. The predicted octanol–water partition coefficient (Wildman–Crippen LogP) is 5.31. The van der Waals surface area contributed by atoms with Gasteiger partial charge in [0.05, 0.1) is 17.3 Å². The van der Waals surface area contributed by atoms with Crippen molar-refractivity contribution in [2.75, 3.05) is 0 Å². The molecule has 5 aliphatic rings. The van der Waals surface area contributed by atoms with E-state index in [9.17, 15) is 9.59 Å². The lowest BCUT2D eigenvalue weighted by atomic mass is 9.73. The van der Waals surface area contributed by atoms with E-state index in [2.05, 4.69) is 41.8 Å². The second kappa shape index (κ2) is 8.80. The van der Waals surface area contributed by atoms with Gasteiger partial charge in [0.25, 0.3) is 0 Å². The molecule has 1 saturated carbocycles. The largest absolute Gasteiger partial charge is 0.490 e. The topological polar surface area (TPSA) is 96.9 Å². The highest BCUT2D eigenvalue weighted by Crippen LogP contribution is 2.58. The maximum absolute atomic E-state index is 13.2. The summed E-state index contributed by atoms with van der Waals surface area (Å²) in [6, 6.07) is 15.3.